The number of amides is 1. The summed E-state index contributed by atoms with van der Waals surface area (Å²) in [6, 6.07) is 3.66. The lowest BCUT2D eigenvalue weighted by molar-refractivity contribution is -0.122. The van der Waals surface area contributed by atoms with Gasteiger partial charge < -0.3 is 20.1 Å². The minimum Gasteiger partial charge on any atom is -0.454 e. The Kier molecular flexibility index (Phi) is 5.47. The molecular weight excluding hydrogens is 336 g/mol. The number of hydrogen-bond acceptors (Lipinski definition) is 4. The van der Waals surface area contributed by atoms with Gasteiger partial charge in [-0.2, -0.15) is 0 Å². The van der Waals surface area contributed by atoms with Crippen LogP contribution in [-0.4, -0.2) is 25.3 Å². The van der Waals surface area contributed by atoms with E-state index in [1.54, 1.807) is 0 Å². The fourth-order valence-corrected chi connectivity index (χ4v) is 2.55. The number of benzene rings is 1. The molecule has 5 nitrogen and oxygen atoms in total. The van der Waals surface area contributed by atoms with Crippen molar-refractivity contribution in [2.24, 2.45) is 5.92 Å². The molecule has 0 aromatic heterocycles. The Bertz CT molecular complexity index is 520. The topological polar surface area (TPSA) is 59.6 Å². The van der Waals surface area contributed by atoms with Crippen LogP contribution in [0.3, 0.4) is 0 Å². The van der Waals surface area contributed by atoms with E-state index in [0.29, 0.717) is 19.0 Å². The molecular formula is C15H21BrN2O3. The zero-order valence-corrected chi connectivity index (χ0v) is 14.1. The molecule has 0 saturated carbocycles. The summed E-state index contributed by atoms with van der Waals surface area (Å²) < 4.78 is 11.6. The lowest BCUT2D eigenvalue weighted by atomic mass is 10.2. The molecule has 1 aromatic rings. The Hall–Kier alpha value is -1.27. The molecule has 116 valence electrons. The van der Waals surface area contributed by atoms with Gasteiger partial charge in [0.2, 0.25) is 12.7 Å². The van der Waals surface area contributed by atoms with Gasteiger partial charge in [0.05, 0.1) is 10.5 Å². The third-order valence-electron chi connectivity index (χ3n) is 3.18. The maximum Gasteiger partial charge on any atom is 0.236 e. The minimum absolute atomic E-state index is 0.0171. The van der Waals surface area contributed by atoms with E-state index >= 15 is 0 Å². The van der Waals surface area contributed by atoms with Crippen molar-refractivity contribution in [3.63, 3.8) is 0 Å². The third-order valence-corrected chi connectivity index (χ3v) is 3.77. The lowest BCUT2D eigenvalue weighted by Crippen LogP contribution is -2.42. The molecule has 1 aliphatic rings. The second-order valence-corrected chi connectivity index (χ2v) is 6.41. The highest BCUT2D eigenvalue weighted by Gasteiger charge is 2.18. The molecule has 1 heterocycles. The lowest BCUT2D eigenvalue weighted by Gasteiger charge is -2.15. The van der Waals surface area contributed by atoms with Crippen LogP contribution >= 0.6 is 15.9 Å². The molecule has 0 aliphatic carbocycles. The SMILES string of the molecule is CC(C)CNC(=O)C(C)NCc1cc(Br)c2c(c1)OCO2. The highest BCUT2D eigenvalue weighted by Crippen LogP contribution is 2.39. The smallest absolute Gasteiger partial charge is 0.236 e. The molecule has 0 spiro atoms. The Morgan fingerprint density at radius 3 is 2.81 bits per heavy atom. The minimum atomic E-state index is -0.243. The molecule has 2 rings (SSSR count). The first-order chi connectivity index (χ1) is 9.97. The molecule has 1 aromatic carbocycles. The Morgan fingerprint density at radius 1 is 1.33 bits per heavy atom. The van der Waals surface area contributed by atoms with E-state index in [1.165, 1.54) is 0 Å². The van der Waals surface area contributed by atoms with Crippen LogP contribution < -0.4 is 20.1 Å². The Balaban J connectivity index is 1.88. The van der Waals surface area contributed by atoms with Crippen LogP contribution in [0.15, 0.2) is 16.6 Å². The van der Waals surface area contributed by atoms with E-state index in [0.717, 1.165) is 21.5 Å². The number of rotatable bonds is 6. The average molecular weight is 357 g/mol. The van der Waals surface area contributed by atoms with Crippen LogP contribution in [0.1, 0.15) is 26.3 Å². The average Bonchev–Trinajstić information content (AvgIpc) is 2.91. The van der Waals surface area contributed by atoms with E-state index in [4.69, 9.17) is 9.47 Å². The molecule has 21 heavy (non-hydrogen) atoms. The Morgan fingerprint density at radius 2 is 2.10 bits per heavy atom. The van der Waals surface area contributed by atoms with Gasteiger partial charge in [-0.1, -0.05) is 13.8 Å². The number of carbonyl (C=O) groups is 1. The first-order valence-corrected chi connectivity index (χ1v) is 7.85. The van der Waals surface area contributed by atoms with E-state index in [-0.39, 0.29) is 18.7 Å². The van der Waals surface area contributed by atoms with Crippen LogP contribution in [0, 0.1) is 5.92 Å². The van der Waals surface area contributed by atoms with Crippen LogP contribution in [0.25, 0.3) is 0 Å². The molecule has 1 atom stereocenters. The van der Waals surface area contributed by atoms with Gasteiger partial charge in [-0.25, -0.2) is 0 Å². The zero-order valence-electron chi connectivity index (χ0n) is 12.5. The first-order valence-electron chi connectivity index (χ1n) is 7.06. The number of fused-ring (bicyclic) bond motifs is 1. The van der Waals surface area contributed by atoms with Crippen molar-refractivity contribution in [2.75, 3.05) is 13.3 Å². The van der Waals surface area contributed by atoms with Crippen molar-refractivity contribution in [2.45, 2.75) is 33.4 Å². The molecule has 0 fully saturated rings. The molecule has 1 amide bonds. The third kappa shape index (κ3) is 4.35. The summed E-state index contributed by atoms with van der Waals surface area (Å²) >= 11 is 3.46. The maximum absolute atomic E-state index is 11.9. The molecule has 1 unspecified atom stereocenters. The fourth-order valence-electron chi connectivity index (χ4n) is 1.94. The van der Waals surface area contributed by atoms with Crippen LogP contribution in [-0.2, 0) is 11.3 Å². The number of hydrogen-bond donors (Lipinski definition) is 2. The predicted octanol–water partition coefficient (Wildman–Crippen LogP) is 2.43. The first kappa shape index (κ1) is 16.1. The van der Waals surface area contributed by atoms with Crippen molar-refractivity contribution in [3.05, 3.63) is 22.2 Å². The second kappa shape index (κ2) is 7.13. The standard InChI is InChI=1S/C15H21BrN2O3/c1-9(2)6-18-15(19)10(3)17-7-11-4-12(16)14-13(5-11)20-8-21-14/h4-5,9-10,17H,6-8H2,1-3H3,(H,18,19). The molecule has 2 N–H and O–H groups in total. The maximum atomic E-state index is 11.9. The number of nitrogens with one attached hydrogen (secondary N) is 2. The van der Waals surface area contributed by atoms with E-state index < -0.39 is 0 Å². The zero-order chi connectivity index (χ0) is 15.4. The summed E-state index contributed by atoms with van der Waals surface area (Å²) in [5, 5.41) is 6.13. The van der Waals surface area contributed by atoms with Gasteiger partial charge in [0.15, 0.2) is 11.5 Å². The predicted molar refractivity (Wildman–Crippen MR) is 84.4 cm³/mol. The van der Waals surface area contributed by atoms with Crippen molar-refractivity contribution in [3.8, 4) is 11.5 Å². The van der Waals surface area contributed by atoms with Crippen molar-refractivity contribution in [1.82, 2.24) is 10.6 Å². The van der Waals surface area contributed by atoms with Crippen molar-refractivity contribution in [1.29, 1.82) is 0 Å². The highest BCUT2D eigenvalue weighted by molar-refractivity contribution is 9.10. The van der Waals surface area contributed by atoms with Crippen LogP contribution in [0.5, 0.6) is 11.5 Å². The quantitative estimate of drug-likeness (QED) is 0.821. The summed E-state index contributed by atoms with van der Waals surface area (Å²) in [6.07, 6.45) is 0. The van der Waals surface area contributed by atoms with Gasteiger partial charge in [-0.3, -0.25) is 4.79 Å². The summed E-state index contributed by atoms with van der Waals surface area (Å²) in [7, 11) is 0. The van der Waals surface area contributed by atoms with Gasteiger partial charge in [0, 0.05) is 13.1 Å². The van der Waals surface area contributed by atoms with E-state index in [9.17, 15) is 4.79 Å². The monoisotopic (exact) mass is 356 g/mol. The van der Waals surface area contributed by atoms with Crippen LogP contribution in [0.2, 0.25) is 0 Å². The van der Waals surface area contributed by atoms with E-state index in [1.807, 2.05) is 19.1 Å². The number of carbonyl (C=O) groups excluding carboxylic acids is 1. The van der Waals surface area contributed by atoms with Crippen molar-refractivity contribution < 1.29 is 14.3 Å². The van der Waals surface area contributed by atoms with Gasteiger partial charge in [0.25, 0.3) is 0 Å². The molecule has 0 radical (unpaired) electrons. The number of ether oxygens (including phenoxy) is 2. The highest BCUT2D eigenvalue weighted by atomic mass is 79.9. The summed E-state index contributed by atoms with van der Waals surface area (Å²) in [5.74, 6) is 1.94. The van der Waals surface area contributed by atoms with Gasteiger partial charge in [-0.15, -0.1) is 0 Å². The summed E-state index contributed by atoms with van der Waals surface area (Å²) in [5.41, 5.74) is 1.04. The summed E-state index contributed by atoms with van der Waals surface area (Å²) in [6.45, 7) is 7.54. The fraction of sp³-hybridized carbons (Fsp3) is 0.533. The largest absolute Gasteiger partial charge is 0.454 e. The van der Waals surface area contributed by atoms with Gasteiger partial charge in [-0.05, 0) is 46.5 Å². The van der Waals surface area contributed by atoms with Gasteiger partial charge in [0.1, 0.15) is 0 Å². The van der Waals surface area contributed by atoms with E-state index in [2.05, 4.69) is 40.4 Å². The molecule has 0 saturated heterocycles. The number of halogens is 1. The second-order valence-electron chi connectivity index (χ2n) is 5.55. The van der Waals surface area contributed by atoms with Crippen LogP contribution in [0.4, 0.5) is 0 Å². The molecule has 1 aliphatic heterocycles. The normalized spacial score (nSPS) is 14.3. The Labute approximate surface area is 133 Å². The molecule has 6 heteroatoms. The molecule has 0 bridgehead atoms. The summed E-state index contributed by atoms with van der Waals surface area (Å²) in [4.78, 5) is 11.9. The van der Waals surface area contributed by atoms with Crippen molar-refractivity contribution >= 4 is 21.8 Å². The van der Waals surface area contributed by atoms with Gasteiger partial charge >= 0.3 is 0 Å².